The summed E-state index contributed by atoms with van der Waals surface area (Å²) in [6.45, 7) is 1.55. The van der Waals surface area contributed by atoms with Gasteiger partial charge in [0.05, 0.1) is 11.1 Å². The highest BCUT2D eigenvalue weighted by Gasteiger charge is 2.25. The number of halogens is 2. The Morgan fingerprint density at radius 3 is 2.75 bits per heavy atom. The van der Waals surface area contributed by atoms with E-state index in [1.165, 1.54) is 7.05 Å². The number of carbonyl (C=O) groups excluding carboxylic acids is 2. The van der Waals surface area contributed by atoms with Gasteiger partial charge in [-0.15, -0.1) is 12.4 Å². The van der Waals surface area contributed by atoms with E-state index < -0.39 is 5.91 Å². The number of carbonyl (C=O) groups is 2. The van der Waals surface area contributed by atoms with Crippen molar-refractivity contribution in [2.75, 3.05) is 25.9 Å². The molecule has 0 aliphatic carbocycles. The largest absolute Gasteiger partial charge is 0.383 e. The van der Waals surface area contributed by atoms with Gasteiger partial charge in [-0.1, -0.05) is 17.5 Å². The minimum atomic E-state index is -0.695. The van der Waals surface area contributed by atoms with Crippen LogP contribution in [-0.4, -0.2) is 41.7 Å². The second kappa shape index (κ2) is 8.97. The second-order valence-electron chi connectivity index (χ2n) is 6.09. The van der Waals surface area contributed by atoms with Gasteiger partial charge in [-0.05, 0) is 37.1 Å². The molecule has 1 aromatic carbocycles. The molecule has 1 atom stereocenters. The zero-order chi connectivity index (χ0) is 19.6. The highest BCUT2D eigenvalue weighted by molar-refractivity contribution is 6.31. The lowest BCUT2D eigenvalue weighted by Gasteiger charge is -2.10. The summed E-state index contributed by atoms with van der Waals surface area (Å²) in [5.74, 6) is 4.93. The van der Waals surface area contributed by atoms with Crippen molar-refractivity contribution in [3.63, 3.8) is 0 Å². The van der Waals surface area contributed by atoms with Gasteiger partial charge in [0, 0.05) is 24.7 Å². The predicted molar refractivity (Wildman–Crippen MR) is 110 cm³/mol. The summed E-state index contributed by atoms with van der Waals surface area (Å²) >= 11 is 6.17. The Kier molecular flexibility index (Phi) is 6.91. The summed E-state index contributed by atoms with van der Waals surface area (Å²) in [5.41, 5.74) is 12.7. The lowest BCUT2D eigenvalue weighted by molar-refractivity contribution is 0.0961. The van der Waals surface area contributed by atoms with Crippen LogP contribution in [0, 0.1) is 11.8 Å². The fourth-order valence-corrected chi connectivity index (χ4v) is 3.10. The van der Waals surface area contributed by atoms with Crippen molar-refractivity contribution in [1.29, 1.82) is 0 Å². The van der Waals surface area contributed by atoms with Crippen molar-refractivity contribution in [1.82, 2.24) is 20.4 Å². The van der Waals surface area contributed by atoms with E-state index in [1.807, 2.05) is 0 Å². The monoisotopic (exact) mass is 422 g/mol. The predicted octanol–water partition coefficient (Wildman–Crippen LogP) is 0.933. The van der Waals surface area contributed by atoms with Gasteiger partial charge in [0.2, 0.25) is 0 Å². The van der Waals surface area contributed by atoms with Gasteiger partial charge in [-0.3, -0.25) is 9.59 Å². The van der Waals surface area contributed by atoms with Crippen LogP contribution in [0.4, 0.5) is 5.82 Å². The molecule has 0 unspecified atom stereocenters. The maximum atomic E-state index is 11.9. The molecule has 1 aliphatic heterocycles. The van der Waals surface area contributed by atoms with E-state index in [-0.39, 0.29) is 41.4 Å². The van der Waals surface area contributed by atoms with Gasteiger partial charge < -0.3 is 22.1 Å². The van der Waals surface area contributed by atoms with Crippen LogP contribution < -0.4 is 22.1 Å². The zero-order valence-corrected chi connectivity index (χ0v) is 16.7. The molecule has 1 aromatic heterocycles. The number of hydrogen-bond acceptors (Lipinski definition) is 5. The third-order valence-electron chi connectivity index (χ3n) is 4.35. The van der Waals surface area contributed by atoms with E-state index >= 15 is 0 Å². The Morgan fingerprint density at radius 1 is 1.39 bits per heavy atom. The number of amides is 2. The minimum Gasteiger partial charge on any atom is -0.383 e. The van der Waals surface area contributed by atoms with Crippen molar-refractivity contribution in [3.05, 3.63) is 45.6 Å². The normalized spacial score (nSPS) is 15.3. The van der Waals surface area contributed by atoms with Gasteiger partial charge in [-0.25, -0.2) is 4.68 Å². The van der Waals surface area contributed by atoms with E-state index in [4.69, 9.17) is 23.1 Å². The van der Waals surface area contributed by atoms with Crippen LogP contribution in [0.3, 0.4) is 0 Å². The first kappa shape index (κ1) is 21.6. The van der Waals surface area contributed by atoms with Crippen molar-refractivity contribution in [3.8, 4) is 11.8 Å². The van der Waals surface area contributed by atoms with E-state index in [1.54, 1.807) is 22.9 Å². The maximum absolute atomic E-state index is 11.9. The average molecular weight is 423 g/mol. The summed E-state index contributed by atoms with van der Waals surface area (Å²) < 4.78 is 1.59. The number of nitrogen functional groups attached to an aromatic ring is 1. The third-order valence-corrected chi connectivity index (χ3v) is 4.67. The molecular weight excluding hydrogens is 403 g/mol. The number of benzene rings is 1. The Bertz CT molecular complexity index is 970. The highest BCUT2D eigenvalue weighted by Crippen LogP contribution is 2.24. The summed E-state index contributed by atoms with van der Waals surface area (Å²) in [5, 5.41) is 10.5. The molecule has 10 heteroatoms. The Morgan fingerprint density at radius 2 is 2.14 bits per heavy atom. The van der Waals surface area contributed by atoms with E-state index in [0.717, 1.165) is 13.0 Å². The van der Waals surface area contributed by atoms with Crippen LogP contribution in [0.2, 0.25) is 5.02 Å². The van der Waals surface area contributed by atoms with E-state index in [9.17, 15) is 9.59 Å². The molecule has 28 heavy (non-hydrogen) atoms. The number of aromatic nitrogens is 2. The molecular formula is C18H20Cl2N6O2. The van der Waals surface area contributed by atoms with Crippen molar-refractivity contribution < 1.29 is 9.59 Å². The quantitative estimate of drug-likeness (QED) is 0.547. The van der Waals surface area contributed by atoms with E-state index in [0.29, 0.717) is 22.7 Å². The number of anilines is 1. The smallest absolute Gasteiger partial charge is 0.255 e. The van der Waals surface area contributed by atoms with Crippen LogP contribution in [-0.2, 0) is 0 Å². The van der Waals surface area contributed by atoms with Crippen LogP contribution >= 0.6 is 24.0 Å². The lowest BCUT2D eigenvalue weighted by Crippen LogP contribution is -2.18. The van der Waals surface area contributed by atoms with E-state index in [2.05, 4.69) is 27.6 Å². The SMILES string of the molecule is CNC(=O)c1ccc(Cl)c(C#Cc2nn([C@H]3CCNC3)c(N)c2C(N)=O)c1.Cl. The summed E-state index contributed by atoms with van der Waals surface area (Å²) in [4.78, 5) is 23.6. The first-order valence-corrected chi connectivity index (χ1v) is 8.72. The lowest BCUT2D eigenvalue weighted by atomic mass is 10.1. The molecule has 2 amide bonds. The molecule has 0 bridgehead atoms. The molecule has 3 rings (SSSR count). The van der Waals surface area contributed by atoms with Gasteiger partial charge >= 0.3 is 0 Å². The third kappa shape index (κ3) is 4.22. The topological polar surface area (TPSA) is 128 Å². The molecule has 1 aliphatic rings. The summed E-state index contributed by atoms with van der Waals surface area (Å²) in [6, 6.07) is 4.79. The minimum absolute atomic E-state index is 0. The molecule has 148 valence electrons. The zero-order valence-electron chi connectivity index (χ0n) is 15.1. The molecule has 0 spiro atoms. The molecule has 0 radical (unpaired) electrons. The van der Waals surface area contributed by atoms with Crippen molar-refractivity contribution in [2.24, 2.45) is 5.73 Å². The molecule has 2 aromatic rings. The van der Waals surface area contributed by atoms with Crippen LogP contribution in [0.25, 0.3) is 0 Å². The van der Waals surface area contributed by atoms with Crippen molar-refractivity contribution in [2.45, 2.75) is 12.5 Å². The highest BCUT2D eigenvalue weighted by atomic mass is 35.5. The molecule has 0 saturated carbocycles. The fourth-order valence-electron chi connectivity index (χ4n) is 2.94. The first-order valence-electron chi connectivity index (χ1n) is 8.34. The molecule has 1 saturated heterocycles. The number of hydrogen-bond donors (Lipinski definition) is 4. The van der Waals surface area contributed by atoms with Gasteiger partial charge in [0.25, 0.3) is 11.8 Å². The standard InChI is InChI=1S/C18H19ClN6O2.ClH/c1-22-18(27)11-2-4-13(19)10(8-11)3-5-14-15(17(21)26)16(20)25(24-14)12-6-7-23-9-12;/h2,4,8,12,23H,6-7,9,20H2,1H3,(H2,21,26)(H,22,27);1H/t12-;/m0./s1. The Labute approximate surface area is 173 Å². The molecule has 1 fully saturated rings. The van der Waals surface area contributed by atoms with Crippen molar-refractivity contribution >= 4 is 41.6 Å². The number of rotatable bonds is 3. The van der Waals surface area contributed by atoms with Gasteiger partial charge in [-0.2, -0.15) is 5.10 Å². The second-order valence-corrected chi connectivity index (χ2v) is 6.50. The summed E-state index contributed by atoms with van der Waals surface area (Å²) in [7, 11) is 1.54. The maximum Gasteiger partial charge on any atom is 0.255 e. The number of primary amides is 1. The number of nitrogens with two attached hydrogens (primary N) is 2. The van der Waals surface area contributed by atoms with Crippen LogP contribution in [0.5, 0.6) is 0 Å². The van der Waals surface area contributed by atoms with Gasteiger partial charge in [0.1, 0.15) is 11.4 Å². The van der Waals surface area contributed by atoms with Crippen LogP contribution in [0.1, 0.15) is 44.4 Å². The number of nitrogens with zero attached hydrogens (tertiary/aromatic N) is 2. The molecule has 8 nitrogen and oxygen atoms in total. The summed E-state index contributed by atoms with van der Waals surface area (Å²) in [6.07, 6.45) is 0.844. The molecule has 2 heterocycles. The Hall–Kier alpha value is -2.73. The fraction of sp³-hybridized carbons (Fsp3) is 0.278. The first-order chi connectivity index (χ1) is 12.9. The van der Waals surface area contributed by atoms with Crippen LogP contribution in [0.15, 0.2) is 18.2 Å². The Balaban J connectivity index is 0.00000280. The number of nitrogens with one attached hydrogen (secondary N) is 2. The molecule has 6 N–H and O–H groups in total. The average Bonchev–Trinajstić information content (AvgIpc) is 3.28. The van der Waals surface area contributed by atoms with Gasteiger partial charge in [0.15, 0.2) is 5.69 Å².